The number of benzene rings is 1. The Kier molecular flexibility index (Phi) is 5.51. The first kappa shape index (κ1) is 16.1. The largest absolute Gasteiger partial charge is 0.373 e. The zero-order chi connectivity index (χ0) is 15.3. The van der Waals surface area contributed by atoms with E-state index < -0.39 is 5.79 Å². The van der Waals surface area contributed by atoms with Gasteiger partial charge in [-0.3, -0.25) is 0 Å². The summed E-state index contributed by atoms with van der Waals surface area (Å²) in [5.41, 5.74) is 1.10. The minimum Gasteiger partial charge on any atom is -0.373 e. The maximum absolute atomic E-state index is 11.1. The van der Waals surface area contributed by atoms with Gasteiger partial charge in [0.05, 0.1) is 25.4 Å². The number of hydrogen-bond acceptors (Lipinski definition) is 4. The maximum Gasteiger partial charge on any atom is 0.163 e. The number of rotatable bonds is 7. The molecule has 4 nitrogen and oxygen atoms in total. The van der Waals surface area contributed by atoms with Crippen molar-refractivity contribution in [1.29, 1.82) is 0 Å². The van der Waals surface area contributed by atoms with Crippen LogP contribution in [0, 0.1) is 5.92 Å². The van der Waals surface area contributed by atoms with E-state index in [1.165, 1.54) is 0 Å². The van der Waals surface area contributed by atoms with Crippen LogP contribution in [-0.2, 0) is 25.6 Å². The number of carbonyl (C=O) groups is 1. The Bertz CT molecular complexity index is 443. The Morgan fingerprint density at radius 1 is 1.38 bits per heavy atom. The lowest BCUT2D eigenvalue weighted by Crippen LogP contribution is -2.30. The SMILES string of the molecule is C[C@@H](C=O)[C@@H](C[C@H]1COC(C)(C)O1)OCc1ccccc1. The Morgan fingerprint density at radius 2 is 2.10 bits per heavy atom. The molecule has 0 aromatic heterocycles. The lowest BCUT2D eigenvalue weighted by Gasteiger charge is -2.24. The third kappa shape index (κ3) is 4.92. The van der Waals surface area contributed by atoms with Gasteiger partial charge in [0.2, 0.25) is 0 Å². The van der Waals surface area contributed by atoms with E-state index in [1.807, 2.05) is 51.1 Å². The van der Waals surface area contributed by atoms with Gasteiger partial charge in [0.1, 0.15) is 6.29 Å². The lowest BCUT2D eigenvalue weighted by molar-refractivity contribution is -0.145. The van der Waals surface area contributed by atoms with E-state index >= 15 is 0 Å². The molecule has 1 aliphatic heterocycles. The highest BCUT2D eigenvalue weighted by Gasteiger charge is 2.35. The van der Waals surface area contributed by atoms with E-state index in [2.05, 4.69) is 0 Å². The van der Waals surface area contributed by atoms with Gasteiger partial charge < -0.3 is 19.0 Å². The molecule has 4 heteroatoms. The first-order valence-electron chi connectivity index (χ1n) is 7.43. The highest BCUT2D eigenvalue weighted by atomic mass is 16.7. The summed E-state index contributed by atoms with van der Waals surface area (Å²) in [5, 5.41) is 0. The predicted octanol–water partition coefficient (Wildman–Crippen LogP) is 2.95. The van der Waals surface area contributed by atoms with Gasteiger partial charge in [0, 0.05) is 12.3 Å². The topological polar surface area (TPSA) is 44.8 Å². The molecule has 1 aromatic rings. The van der Waals surface area contributed by atoms with Crippen molar-refractivity contribution in [3.8, 4) is 0 Å². The molecule has 0 bridgehead atoms. The molecule has 0 spiro atoms. The van der Waals surface area contributed by atoms with Crippen molar-refractivity contribution in [3.05, 3.63) is 35.9 Å². The minimum atomic E-state index is -0.543. The standard InChI is InChI=1S/C17H24O4/c1-13(10-18)16(9-15-12-20-17(2,3)21-15)19-11-14-7-5-4-6-8-14/h4-8,10,13,15-16H,9,11-12H2,1-3H3/t13-,15-,16+/m0/s1. The molecule has 2 rings (SSSR count). The average Bonchev–Trinajstić information content (AvgIpc) is 2.82. The van der Waals surface area contributed by atoms with Crippen LogP contribution in [0.2, 0.25) is 0 Å². The Hall–Kier alpha value is -1.23. The van der Waals surface area contributed by atoms with Crippen LogP contribution in [0.1, 0.15) is 32.8 Å². The summed E-state index contributed by atoms with van der Waals surface area (Å²) in [6.45, 7) is 6.72. The fourth-order valence-electron chi connectivity index (χ4n) is 2.44. The molecule has 0 unspecified atom stereocenters. The van der Waals surface area contributed by atoms with Crippen molar-refractivity contribution in [2.75, 3.05) is 6.61 Å². The summed E-state index contributed by atoms with van der Waals surface area (Å²) >= 11 is 0. The number of carbonyl (C=O) groups excluding carboxylic acids is 1. The molecule has 1 saturated heterocycles. The van der Waals surface area contributed by atoms with Crippen molar-refractivity contribution in [1.82, 2.24) is 0 Å². The van der Waals surface area contributed by atoms with Crippen LogP contribution in [0.3, 0.4) is 0 Å². The van der Waals surface area contributed by atoms with Gasteiger partial charge in [-0.1, -0.05) is 37.3 Å². The van der Waals surface area contributed by atoms with Crippen LogP contribution in [0.25, 0.3) is 0 Å². The van der Waals surface area contributed by atoms with Crippen LogP contribution in [0.5, 0.6) is 0 Å². The van der Waals surface area contributed by atoms with E-state index in [1.54, 1.807) is 0 Å². The molecule has 1 fully saturated rings. The molecule has 0 amide bonds. The molecule has 0 aliphatic carbocycles. The number of ether oxygens (including phenoxy) is 3. The van der Waals surface area contributed by atoms with Gasteiger partial charge in [-0.25, -0.2) is 0 Å². The highest BCUT2D eigenvalue weighted by molar-refractivity contribution is 5.53. The molecule has 0 radical (unpaired) electrons. The van der Waals surface area contributed by atoms with Crippen LogP contribution in [0.15, 0.2) is 30.3 Å². The summed E-state index contributed by atoms with van der Waals surface area (Å²) in [7, 11) is 0. The van der Waals surface area contributed by atoms with E-state index in [0.717, 1.165) is 11.8 Å². The molecule has 116 valence electrons. The molecule has 0 saturated carbocycles. The quantitative estimate of drug-likeness (QED) is 0.725. The summed E-state index contributed by atoms with van der Waals surface area (Å²) in [6, 6.07) is 9.96. The second kappa shape index (κ2) is 7.16. The molecule has 1 aliphatic rings. The molecule has 0 N–H and O–H groups in total. The number of hydrogen-bond donors (Lipinski definition) is 0. The van der Waals surface area contributed by atoms with Gasteiger partial charge in [-0.15, -0.1) is 0 Å². The van der Waals surface area contributed by atoms with Crippen LogP contribution >= 0.6 is 0 Å². The molecule has 1 heterocycles. The van der Waals surface area contributed by atoms with Crippen molar-refractivity contribution >= 4 is 6.29 Å². The molecule has 21 heavy (non-hydrogen) atoms. The fourth-order valence-corrected chi connectivity index (χ4v) is 2.44. The first-order valence-corrected chi connectivity index (χ1v) is 7.43. The summed E-state index contributed by atoms with van der Waals surface area (Å²) < 4.78 is 17.3. The second-order valence-corrected chi connectivity index (χ2v) is 6.02. The van der Waals surface area contributed by atoms with E-state index in [-0.39, 0.29) is 18.1 Å². The minimum absolute atomic E-state index is 0.0248. The summed E-state index contributed by atoms with van der Waals surface area (Å²) in [4.78, 5) is 11.1. The molecular weight excluding hydrogens is 268 g/mol. The van der Waals surface area contributed by atoms with Crippen molar-refractivity contribution in [3.63, 3.8) is 0 Å². The molecular formula is C17H24O4. The van der Waals surface area contributed by atoms with Crippen LogP contribution in [-0.4, -0.2) is 30.9 Å². The first-order chi connectivity index (χ1) is 10.00. The summed E-state index contributed by atoms with van der Waals surface area (Å²) in [6.07, 6.45) is 1.42. The summed E-state index contributed by atoms with van der Waals surface area (Å²) in [5.74, 6) is -0.708. The van der Waals surface area contributed by atoms with Crippen LogP contribution in [0.4, 0.5) is 0 Å². The normalized spacial score (nSPS) is 23.7. The predicted molar refractivity (Wildman–Crippen MR) is 79.8 cm³/mol. The third-order valence-electron chi connectivity index (χ3n) is 3.67. The Labute approximate surface area is 126 Å². The second-order valence-electron chi connectivity index (χ2n) is 6.02. The van der Waals surface area contributed by atoms with Gasteiger partial charge >= 0.3 is 0 Å². The smallest absolute Gasteiger partial charge is 0.163 e. The Morgan fingerprint density at radius 3 is 2.67 bits per heavy atom. The van der Waals surface area contributed by atoms with E-state index in [4.69, 9.17) is 14.2 Å². The zero-order valence-corrected chi connectivity index (χ0v) is 13.0. The van der Waals surface area contributed by atoms with Gasteiger partial charge in [-0.05, 0) is 19.4 Å². The zero-order valence-electron chi connectivity index (χ0n) is 13.0. The fraction of sp³-hybridized carbons (Fsp3) is 0.588. The Balaban J connectivity index is 1.90. The third-order valence-corrected chi connectivity index (χ3v) is 3.67. The van der Waals surface area contributed by atoms with Crippen molar-refractivity contribution in [2.45, 2.75) is 51.8 Å². The molecule has 1 aromatic carbocycles. The highest BCUT2D eigenvalue weighted by Crippen LogP contribution is 2.27. The van der Waals surface area contributed by atoms with Gasteiger partial charge in [0.15, 0.2) is 5.79 Å². The van der Waals surface area contributed by atoms with E-state index in [9.17, 15) is 4.79 Å². The average molecular weight is 292 g/mol. The van der Waals surface area contributed by atoms with Crippen molar-refractivity contribution < 1.29 is 19.0 Å². The molecule has 3 atom stereocenters. The van der Waals surface area contributed by atoms with Gasteiger partial charge in [-0.2, -0.15) is 0 Å². The van der Waals surface area contributed by atoms with E-state index in [0.29, 0.717) is 19.6 Å². The monoisotopic (exact) mass is 292 g/mol. The number of aldehydes is 1. The van der Waals surface area contributed by atoms with Crippen LogP contribution < -0.4 is 0 Å². The lowest BCUT2D eigenvalue weighted by atomic mass is 10.0. The van der Waals surface area contributed by atoms with Gasteiger partial charge in [0.25, 0.3) is 0 Å². The van der Waals surface area contributed by atoms with Crippen molar-refractivity contribution in [2.24, 2.45) is 5.92 Å². The maximum atomic E-state index is 11.1.